The van der Waals surface area contributed by atoms with Crippen molar-refractivity contribution in [1.29, 1.82) is 0 Å². The Kier molecular flexibility index (Phi) is 7.23. The Morgan fingerprint density at radius 3 is 2.41 bits per heavy atom. The summed E-state index contributed by atoms with van der Waals surface area (Å²) in [5, 5.41) is 6.61. The van der Waals surface area contributed by atoms with Crippen molar-refractivity contribution < 1.29 is 13.2 Å². The van der Waals surface area contributed by atoms with Crippen LogP contribution in [-0.4, -0.2) is 44.1 Å². The minimum Gasteiger partial charge on any atom is -0.379 e. The molecule has 0 radical (unpaired) electrons. The van der Waals surface area contributed by atoms with Gasteiger partial charge in [0.05, 0.1) is 18.1 Å². The summed E-state index contributed by atoms with van der Waals surface area (Å²) in [6.07, 6.45) is 1.09. The predicted octanol–water partition coefficient (Wildman–Crippen LogP) is 4.03. The smallest absolute Gasteiger partial charge is 0.243 e. The van der Waals surface area contributed by atoms with Gasteiger partial charge in [0.25, 0.3) is 0 Å². The molecular formula is C21H27N3O3S2. The third kappa shape index (κ3) is 5.54. The molecule has 0 bridgehead atoms. The standard InChI is InChI=1S/C21H27N3O3S2/c1-3-16(2)17-7-9-18(10-8-17)22-21(28)23-19-5-4-6-20(15-19)29(25,26)24-11-13-27-14-12-24/h4-10,15-16H,3,11-14H2,1-2H3,(H2,22,23,28)/t16-/m0/s1. The van der Waals surface area contributed by atoms with E-state index in [9.17, 15) is 8.42 Å². The fraction of sp³-hybridized carbons (Fsp3) is 0.381. The van der Waals surface area contributed by atoms with Crippen LogP contribution in [0.5, 0.6) is 0 Å². The van der Waals surface area contributed by atoms with Crippen LogP contribution in [0.3, 0.4) is 0 Å². The number of morpholine rings is 1. The Hall–Kier alpha value is -2.00. The summed E-state index contributed by atoms with van der Waals surface area (Å²) < 4.78 is 32.3. The second-order valence-corrected chi connectivity index (χ2v) is 9.40. The van der Waals surface area contributed by atoms with Crippen LogP contribution in [0.15, 0.2) is 53.4 Å². The Morgan fingerprint density at radius 1 is 1.10 bits per heavy atom. The molecule has 1 aliphatic heterocycles. The lowest BCUT2D eigenvalue weighted by atomic mass is 9.99. The van der Waals surface area contributed by atoms with Crippen molar-refractivity contribution in [2.45, 2.75) is 31.1 Å². The van der Waals surface area contributed by atoms with Crippen LogP contribution in [0, 0.1) is 0 Å². The largest absolute Gasteiger partial charge is 0.379 e. The number of hydrogen-bond acceptors (Lipinski definition) is 4. The first-order valence-electron chi connectivity index (χ1n) is 9.76. The van der Waals surface area contributed by atoms with Gasteiger partial charge in [-0.2, -0.15) is 4.31 Å². The van der Waals surface area contributed by atoms with E-state index in [0.717, 1.165) is 12.1 Å². The lowest BCUT2D eigenvalue weighted by Gasteiger charge is -2.26. The van der Waals surface area contributed by atoms with Crippen LogP contribution < -0.4 is 10.6 Å². The molecule has 1 aliphatic rings. The average Bonchev–Trinajstić information content (AvgIpc) is 2.74. The molecule has 0 spiro atoms. The fourth-order valence-electron chi connectivity index (χ4n) is 3.09. The number of nitrogens with zero attached hydrogens (tertiary/aromatic N) is 1. The number of hydrogen-bond donors (Lipinski definition) is 2. The quantitative estimate of drug-likeness (QED) is 0.671. The molecular weight excluding hydrogens is 406 g/mol. The minimum absolute atomic E-state index is 0.241. The zero-order valence-electron chi connectivity index (χ0n) is 16.7. The zero-order chi connectivity index (χ0) is 20.9. The SMILES string of the molecule is CC[C@H](C)c1ccc(NC(=S)Nc2cccc(S(=O)(=O)N3CCOCC3)c2)cc1. The number of thiocarbonyl (C=S) groups is 1. The van der Waals surface area contributed by atoms with Crippen LogP contribution in [0.4, 0.5) is 11.4 Å². The van der Waals surface area contributed by atoms with Crippen molar-refractivity contribution >= 4 is 38.7 Å². The van der Waals surface area contributed by atoms with Gasteiger partial charge in [-0.3, -0.25) is 0 Å². The summed E-state index contributed by atoms with van der Waals surface area (Å²) >= 11 is 5.39. The highest BCUT2D eigenvalue weighted by Gasteiger charge is 2.26. The zero-order valence-corrected chi connectivity index (χ0v) is 18.4. The van der Waals surface area contributed by atoms with Gasteiger partial charge >= 0.3 is 0 Å². The average molecular weight is 434 g/mol. The highest BCUT2D eigenvalue weighted by Crippen LogP contribution is 2.22. The fourth-order valence-corrected chi connectivity index (χ4v) is 4.78. The Bertz CT molecular complexity index is 940. The lowest BCUT2D eigenvalue weighted by molar-refractivity contribution is 0.0730. The van der Waals surface area contributed by atoms with Gasteiger partial charge in [-0.1, -0.05) is 32.0 Å². The molecule has 1 heterocycles. The van der Waals surface area contributed by atoms with E-state index >= 15 is 0 Å². The highest BCUT2D eigenvalue weighted by atomic mass is 32.2. The Balaban J connectivity index is 1.66. The van der Waals surface area contributed by atoms with Gasteiger partial charge in [-0.25, -0.2) is 8.42 Å². The maximum atomic E-state index is 12.8. The number of nitrogens with one attached hydrogen (secondary N) is 2. The van der Waals surface area contributed by atoms with E-state index in [-0.39, 0.29) is 4.90 Å². The Morgan fingerprint density at radius 2 is 1.76 bits per heavy atom. The molecule has 2 aromatic carbocycles. The summed E-state index contributed by atoms with van der Waals surface area (Å²) in [5.74, 6) is 0.519. The van der Waals surface area contributed by atoms with Crippen molar-refractivity contribution in [1.82, 2.24) is 4.31 Å². The van der Waals surface area contributed by atoms with Crippen LogP contribution in [-0.2, 0) is 14.8 Å². The summed E-state index contributed by atoms with van der Waals surface area (Å²) in [6.45, 7) is 5.94. The normalized spacial score (nSPS) is 16.2. The topological polar surface area (TPSA) is 70.7 Å². The van der Waals surface area contributed by atoms with Crippen molar-refractivity contribution in [3.8, 4) is 0 Å². The van der Waals surface area contributed by atoms with Gasteiger partial charge in [0.15, 0.2) is 5.11 Å². The molecule has 2 aromatic rings. The lowest BCUT2D eigenvalue weighted by Crippen LogP contribution is -2.40. The van der Waals surface area contributed by atoms with Crippen LogP contribution in [0.1, 0.15) is 31.7 Å². The van der Waals surface area contributed by atoms with Crippen LogP contribution in [0.25, 0.3) is 0 Å². The molecule has 29 heavy (non-hydrogen) atoms. The van der Waals surface area contributed by atoms with Gasteiger partial charge in [0.2, 0.25) is 10.0 Å². The van der Waals surface area contributed by atoms with Gasteiger partial charge in [0.1, 0.15) is 0 Å². The molecule has 1 atom stereocenters. The molecule has 3 rings (SSSR count). The molecule has 0 aliphatic carbocycles. The monoisotopic (exact) mass is 433 g/mol. The maximum Gasteiger partial charge on any atom is 0.243 e. The summed E-state index contributed by atoms with van der Waals surface area (Å²) in [4.78, 5) is 0.241. The second-order valence-electron chi connectivity index (χ2n) is 7.05. The van der Waals surface area contributed by atoms with Crippen molar-refractivity contribution in [3.05, 3.63) is 54.1 Å². The van der Waals surface area contributed by atoms with E-state index in [2.05, 4.69) is 36.6 Å². The maximum absolute atomic E-state index is 12.8. The number of sulfonamides is 1. The highest BCUT2D eigenvalue weighted by molar-refractivity contribution is 7.89. The van der Waals surface area contributed by atoms with Gasteiger partial charge in [0, 0.05) is 24.5 Å². The van der Waals surface area contributed by atoms with Gasteiger partial charge < -0.3 is 15.4 Å². The summed E-state index contributed by atoms with van der Waals surface area (Å²) in [7, 11) is -3.55. The molecule has 156 valence electrons. The first kappa shape index (κ1) is 21.7. The number of rotatable bonds is 6. The third-order valence-electron chi connectivity index (χ3n) is 5.05. The van der Waals surface area contributed by atoms with E-state index < -0.39 is 10.0 Å². The minimum atomic E-state index is -3.55. The predicted molar refractivity (Wildman–Crippen MR) is 121 cm³/mol. The molecule has 0 amide bonds. The van der Waals surface area contributed by atoms with Crippen molar-refractivity contribution in [2.75, 3.05) is 36.9 Å². The van der Waals surface area contributed by atoms with E-state index in [0.29, 0.717) is 43.0 Å². The van der Waals surface area contributed by atoms with Gasteiger partial charge in [-0.05, 0) is 60.5 Å². The molecule has 1 fully saturated rings. The van der Waals surface area contributed by atoms with Crippen molar-refractivity contribution in [3.63, 3.8) is 0 Å². The molecule has 6 nitrogen and oxygen atoms in total. The second kappa shape index (κ2) is 9.67. The Labute approximate surface area is 178 Å². The van der Waals surface area contributed by atoms with Gasteiger partial charge in [-0.15, -0.1) is 0 Å². The van der Waals surface area contributed by atoms with E-state index in [1.165, 1.54) is 9.87 Å². The number of ether oxygens (including phenoxy) is 1. The van der Waals surface area contributed by atoms with E-state index in [4.69, 9.17) is 17.0 Å². The first-order valence-corrected chi connectivity index (χ1v) is 11.6. The molecule has 1 saturated heterocycles. The van der Waals surface area contributed by atoms with Crippen LogP contribution >= 0.6 is 12.2 Å². The molecule has 0 aromatic heterocycles. The summed E-state index contributed by atoms with van der Waals surface area (Å²) in [6, 6.07) is 14.9. The summed E-state index contributed by atoms with van der Waals surface area (Å²) in [5.41, 5.74) is 2.79. The molecule has 0 unspecified atom stereocenters. The first-order chi connectivity index (χ1) is 13.9. The van der Waals surface area contributed by atoms with E-state index in [1.807, 2.05) is 12.1 Å². The molecule has 0 saturated carbocycles. The number of benzene rings is 2. The van der Waals surface area contributed by atoms with Crippen molar-refractivity contribution in [2.24, 2.45) is 0 Å². The molecule has 8 heteroatoms. The molecule has 2 N–H and O–H groups in total. The number of anilines is 2. The van der Waals surface area contributed by atoms with Crippen LogP contribution in [0.2, 0.25) is 0 Å². The van der Waals surface area contributed by atoms with E-state index in [1.54, 1.807) is 24.3 Å². The third-order valence-corrected chi connectivity index (χ3v) is 7.15.